The highest BCUT2D eigenvalue weighted by Gasteiger charge is 2.55. The molecule has 0 radical (unpaired) electrons. The Morgan fingerprint density at radius 3 is 2.00 bits per heavy atom. The second-order valence-corrected chi connectivity index (χ2v) is 12.1. The lowest BCUT2D eigenvalue weighted by Crippen LogP contribution is -2.39. The second-order valence-electron chi connectivity index (χ2n) is 6.77. The van der Waals surface area contributed by atoms with Crippen molar-refractivity contribution in [3.63, 3.8) is 0 Å². The normalized spacial score (nSPS) is 23.1. The van der Waals surface area contributed by atoms with Crippen molar-refractivity contribution < 1.29 is 19.1 Å². The van der Waals surface area contributed by atoms with Gasteiger partial charge in [0.1, 0.15) is 0 Å². The summed E-state index contributed by atoms with van der Waals surface area (Å²) in [5.74, 6) is -0.723. The van der Waals surface area contributed by atoms with Crippen molar-refractivity contribution in [2.45, 2.75) is 59.2 Å². The van der Waals surface area contributed by atoms with Crippen molar-refractivity contribution in [1.29, 1.82) is 0 Å². The molecule has 1 aliphatic rings. The molecule has 126 valence electrons. The van der Waals surface area contributed by atoms with E-state index in [0.29, 0.717) is 12.8 Å². The molecule has 0 aromatic carbocycles. The van der Waals surface area contributed by atoms with Gasteiger partial charge in [-0.1, -0.05) is 50.2 Å². The lowest BCUT2D eigenvalue weighted by molar-refractivity contribution is -0.168. The lowest BCUT2D eigenvalue weighted by atomic mass is 9.85. The van der Waals surface area contributed by atoms with Crippen LogP contribution in [-0.2, 0) is 19.1 Å². The van der Waals surface area contributed by atoms with Crippen LogP contribution in [0.3, 0.4) is 0 Å². The minimum absolute atomic E-state index is 0.211. The Morgan fingerprint density at radius 2 is 1.64 bits per heavy atom. The van der Waals surface area contributed by atoms with Gasteiger partial charge in [-0.15, -0.1) is 0 Å². The summed E-state index contributed by atoms with van der Waals surface area (Å²) in [7, 11) is 1.19. The Labute approximate surface area is 135 Å². The predicted molar refractivity (Wildman–Crippen MR) is 90.1 cm³/mol. The van der Waals surface area contributed by atoms with Crippen LogP contribution in [0.15, 0.2) is 10.8 Å². The van der Waals surface area contributed by atoms with E-state index >= 15 is 0 Å². The van der Waals surface area contributed by atoms with Crippen LogP contribution in [0.2, 0.25) is 18.6 Å². The standard InChI is InChI=1S/C17H30O4Si/c1-8-22(7,9-2)13(4)14-11-17(10-12(14)3,15(18)20-5)16(19)21-6/h12H,8-11H2,1-7H3/b14-13-. The van der Waals surface area contributed by atoms with Gasteiger partial charge >= 0.3 is 11.9 Å². The highest BCUT2D eigenvalue weighted by Crippen LogP contribution is 2.49. The maximum absolute atomic E-state index is 12.3. The van der Waals surface area contributed by atoms with Gasteiger partial charge in [0.25, 0.3) is 0 Å². The average Bonchev–Trinajstić information content (AvgIpc) is 2.90. The Kier molecular flexibility index (Phi) is 6.01. The maximum atomic E-state index is 12.3. The molecule has 0 amide bonds. The summed E-state index contributed by atoms with van der Waals surface area (Å²) in [6.07, 6.45) is 0.929. The molecule has 0 heterocycles. The first kappa shape index (κ1) is 18.9. The van der Waals surface area contributed by atoms with E-state index in [1.54, 1.807) is 0 Å². The second kappa shape index (κ2) is 6.98. The number of hydrogen-bond donors (Lipinski definition) is 0. The third-order valence-corrected chi connectivity index (χ3v) is 11.1. The van der Waals surface area contributed by atoms with Crippen molar-refractivity contribution in [3.8, 4) is 0 Å². The lowest BCUT2D eigenvalue weighted by Gasteiger charge is -2.29. The Balaban J connectivity index is 3.35. The summed E-state index contributed by atoms with van der Waals surface area (Å²) in [4.78, 5) is 24.6. The molecule has 5 heteroatoms. The number of methoxy groups -OCH3 is 2. The fourth-order valence-electron chi connectivity index (χ4n) is 3.67. The number of carbonyl (C=O) groups is 2. The Bertz CT molecular complexity index is 461. The molecule has 1 atom stereocenters. The Morgan fingerprint density at radius 1 is 1.18 bits per heavy atom. The van der Waals surface area contributed by atoms with Crippen LogP contribution in [0.1, 0.15) is 40.5 Å². The Hall–Kier alpha value is -1.10. The molecule has 4 nitrogen and oxygen atoms in total. The third-order valence-electron chi connectivity index (χ3n) is 5.84. The molecule has 1 rings (SSSR count). The van der Waals surface area contributed by atoms with Gasteiger partial charge in [-0.25, -0.2) is 0 Å². The molecule has 0 spiro atoms. The van der Waals surface area contributed by atoms with Crippen LogP contribution in [0.5, 0.6) is 0 Å². The highest BCUT2D eigenvalue weighted by atomic mass is 28.3. The molecule has 0 aromatic heterocycles. The van der Waals surface area contributed by atoms with Gasteiger partial charge in [0.15, 0.2) is 5.41 Å². The summed E-state index contributed by atoms with van der Waals surface area (Å²) in [5, 5.41) is 1.44. The van der Waals surface area contributed by atoms with Gasteiger partial charge < -0.3 is 9.47 Å². The minimum atomic E-state index is -1.48. The van der Waals surface area contributed by atoms with Gasteiger partial charge in [-0.3, -0.25) is 9.59 Å². The van der Waals surface area contributed by atoms with E-state index in [-0.39, 0.29) is 5.92 Å². The van der Waals surface area contributed by atoms with Crippen LogP contribution in [0.4, 0.5) is 0 Å². The minimum Gasteiger partial charge on any atom is -0.468 e. The topological polar surface area (TPSA) is 52.6 Å². The molecule has 1 saturated carbocycles. The first-order chi connectivity index (χ1) is 10.2. The van der Waals surface area contributed by atoms with Crippen LogP contribution >= 0.6 is 0 Å². The molecule has 0 saturated heterocycles. The fourth-order valence-corrected chi connectivity index (χ4v) is 6.34. The molecule has 0 N–H and O–H groups in total. The number of esters is 2. The largest absolute Gasteiger partial charge is 0.468 e. The van der Waals surface area contributed by atoms with E-state index in [2.05, 4.69) is 34.2 Å². The summed E-state index contributed by atoms with van der Waals surface area (Å²) in [6.45, 7) is 11.2. The summed E-state index contributed by atoms with van der Waals surface area (Å²) in [6, 6.07) is 2.35. The van der Waals surface area contributed by atoms with Gasteiger partial charge in [0.05, 0.1) is 22.3 Å². The van der Waals surface area contributed by atoms with E-state index in [9.17, 15) is 9.59 Å². The summed E-state index contributed by atoms with van der Waals surface area (Å²) < 4.78 is 9.85. The number of hydrogen-bond acceptors (Lipinski definition) is 4. The predicted octanol–water partition coefficient (Wildman–Crippen LogP) is 3.72. The number of carbonyl (C=O) groups excluding carboxylic acids is 2. The van der Waals surface area contributed by atoms with Crippen molar-refractivity contribution in [2.24, 2.45) is 11.3 Å². The van der Waals surface area contributed by atoms with Crippen molar-refractivity contribution in [2.75, 3.05) is 14.2 Å². The molecule has 1 aliphatic carbocycles. The fraction of sp³-hybridized carbons (Fsp3) is 0.765. The number of rotatable bonds is 5. The molecule has 22 heavy (non-hydrogen) atoms. The van der Waals surface area contributed by atoms with Crippen molar-refractivity contribution in [3.05, 3.63) is 10.8 Å². The van der Waals surface area contributed by atoms with Crippen LogP contribution in [0.25, 0.3) is 0 Å². The van der Waals surface area contributed by atoms with Crippen LogP contribution < -0.4 is 0 Å². The van der Waals surface area contributed by atoms with E-state index in [4.69, 9.17) is 9.47 Å². The molecule has 1 unspecified atom stereocenters. The number of allylic oxidation sites excluding steroid dienone is 2. The van der Waals surface area contributed by atoms with E-state index < -0.39 is 25.4 Å². The highest BCUT2D eigenvalue weighted by molar-refractivity contribution is 6.85. The molecule has 1 fully saturated rings. The monoisotopic (exact) mass is 326 g/mol. The van der Waals surface area contributed by atoms with Crippen molar-refractivity contribution in [1.82, 2.24) is 0 Å². The summed E-state index contributed by atoms with van der Waals surface area (Å²) in [5.41, 5.74) is 0.115. The quantitative estimate of drug-likeness (QED) is 0.439. The van der Waals surface area contributed by atoms with Crippen LogP contribution in [-0.4, -0.2) is 34.2 Å². The number of ether oxygens (including phenoxy) is 2. The zero-order valence-electron chi connectivity index (χ0n) is 15.0. The molecular weight excluding hydrogens is 296 g/mol. The van der Waals surface area contributed by atoms with Gasteiger partial charge in [0.2, 0.25) is 0 Å². The third kappa shape index (κ3) is 3.00. The first-order valence-corrected chi connectivity index (χ1v) is 11.0. The zero-order chi connectivity index (χ0) is 17.1. The van der Waals surface area contributed by atoms with Gasteiger partial charge in [-0.05, 0) is 25.7 Å². The van der Waals surface area contributed by atoms with E-state index in [0.717, 1.165) is 0 Å². The van der Waals surface area contributed by atoms with Crippen molar-refractivity contribution >= 4 is 20.0 Å². The van der Waals surface area contributed by atoms with E-state index in [1.165, 1.54) is 37.1 Å². The summed E-state index contributed by atoms with van der Waals surface area (Å²) >= 11 is 0. The zero-order valence-corrected chi connectivity index (χ0v) is 16.0. The smallest absolute Gasteiger partial charge is 0.323 e. The average molecular weight is 327 g/mol. The SMILES string of the molecule is CC[Si](C)(CC)/C(C)=C1/CC(C(=O)OC)(C(=O)OC)CC1C. The van der Waals surface area contributed by atoms with Crippen LogP contribution in [0, 0.1) is 11.3 Å². The first-order valence-electron chi connectivity index (χ1n) is 8.09. The van der Waals surface area contributed by atoms with E-state index in [1.807, 2.05) is 0 Å². The maximum Gasteiger partial charge on any atom is 0.323 e. The molecule has 0 aliphatic heterocycles. The molecule has 0 aromatic rings. The molecule has 0 bridgehead atoms. The molecular formula is C17H30O4Si. The van der Waals surface area contributed by atoms with Gasteiger partial charge in [0, 0.05) is 0 Å². The van der Waals surface area contributed by atoms with Gasteiger partial charge in [-0.2, -0.15) is 0 Å².